The minimum atomic E-state index is 0.0771. The Kier molecular flexibility index (Phi) is 5.40. The van der Waals surface area contributed by atoms with Crippen molar-refractivity contribution in [2.45, 2.75) is 58.0 Å². The average Bonchev–Trinajstić information content (AvgIpc) is 2.26. The highest BCUT2D eigenvalue weighted by Crippen LogP contribution is 2.20. The van der Waals surface area contributed by atoms with Gasteiger partial charge in [0, 0.05) is 37.7 Å². The Morgan fingerprint density at radius 2 is 1.94 bits per heavy atom. The molecule has 0 aromatic heterocycles. The van der Waals surface area contributed by atoms with Crippen molar-refractivity contribution in [3.05, 3.63) is 0 Å². The van der Waals surface area contributed by atoms with Gasteiger partial charge in [0.15, 0.2) is 0 Å². The molecule has 1 saturated heterocycles. The van der Waals surface area contributed by atoms with Crippen LogP contribution >= 0.6 is 0 Å². The van der Waals surface area contributed by atoms with E-state index in [9.17, 15) is 4.79 Å². The fourth-order valence-corrected chi connectivity index (χ4v) is 2.23. The van der Waals surface area contributed by atoms with Crippen molar-refractivity contribution in [2.24, 2.45) is 0 Å². The van der Waals surface area contributed by atoms with Gasteiger partial charge in [0.2, 0.25) is 5.91 Å². The molecule has 0 saturated carbocycles. The zero-order valence-electron chi connectivity index (χ0n) is 11.3. The van der Waals surface area contributed by atoms with Gasteiger partial charge in [-0.05, 0) is 40.0 Å². The lowest BCUT2D eigenvalue weighted by molar-refractivity contribution is -0.122. The molecule has 4 heteroatoms. The fraction of sp³-hybridized carbons (Fsp3) is 0.923. The number of hydrogen-bond acceptors (Lipinski definition) is 3. The van der Waals surface area contributed by atoms with E-state index in [4.69, 9.17) is 5.11 Å². The summed E-state index contributed by atoms with van der Waals surface area (Å²) in [6.45, 7) is 8.88. The second-order valence-corrected chi connectivity index (χ2v) is 5.83. The molecule has 0 aromatic rings. The summed E-state index contributed by atoms with van der Waals surface area (Å²) in [7, 11) is 0. The molecule has 0 aliphatic carbocycles. The third-order valence-corrected chi connectivity index (χ3v) is 3.37. The number of likely N-dealkylation sites (tertiary alicyclic amines) is 1. The van der Waals surface area contributed by atoms with Gasteiger partial charge in [-0.3, -0.25) is 9.69 Å². The normalized spacial score (nSPS) is 19.3. The Hall–Kier alpha value is -0.610. The maximum atomic E-state index is 11.5. The molecule has 100 valence electrons. The third-order valence-electron chi connectivity index (χ3n) is 3.37. The summed E-state index contributed by atoms with van der Waals surface area (Å²) >= 11 is 0. The number of hydrogen-bond donors (Lipinski definition) is 2. The van der Waals surface area contributed by atoms with E-state index < -0.39 is 0 Å². The van der Waals surface area contributed by atoms with Crippen LogP contribution in [0.15, 0.2) is 0 Å². The molecule has 1 amide bonds. The summed E-state index contributed by atoms with van der Waals surface area (Å²) in [5, 5.41) is 11.7. The van der Waals surface area contributed by atoms with Crippen LogP contribution in [0.25, 0.3) is 0 Å². The predicted molar refractivity (Wildman–Crippen MR) is 68.8 cm³/mol. The highest BCUT2D eigenvalue weighted by Gasteiger charge is 2.27. The summed E-state index contributed by atoms with van der Waals surface area (Å²) < 4.78 is 0. The number of amides is 1. The first-order valence-electron chi connectivity index (χ1n) is 6.59. The Morgan fingerprint density at radius 1 is 1.35 bits per heavy atom. The van der Waals surface area contributed by atoms with E-state index in [1.165, 1.54) is 0 Å². The monoisotopic (exact) mass is 242 g/mol. The maximum absolute atomic E-state index is 11.5. The molecule has 0 radical (unpaired) electrons. The zero-order valence-corrected chi connectivity index (χ0v) is 11.3. The summed E-state index contributed by atoms with van der Waals surface area (Å²) in [6.07, 6.45) is 3.06. The summed E-state index contributed by atoms with van der Waals surface area (Å²) in [5.74, 6) is 0.0771. The van der Waals surface area contributed by atoms with Crippen LogP contribution in [-0.2, 0) is 4.79 Å². The van der Waals surface area contributed by atoms with Gasteiger partial charge >= 0.3 is 0 Å². The Bertz CT molecular complexity index is 240. The molecule has 1 heterocycles. The van der Waals surface area contributed by atoms with E-state index in [0.717, 1.165) is 25.9 Å². The molecule has 2 N–H and O–H groups in total. The van der Waals surface area contributed by atoms with Gasteiger partial charge in [0.25, 0.3) is 0 Å². The van der Waals surface area contributed by atoms with Gasteiger partial charge in [-0.2, -0.15) is 0 Å². The SMILES string of the molecule is CC(C)(C)N1CCC(NC(=O)CCCO)CC1. The van der Waals surface area contributed by atoms with Crippen LogP contribution in [0.5, 0.6) is 0 Å². The Balaban J connectivity index is 2.25. The van der Waals surface area contributed by atoms with Crippen molar-refractivity contribution < 1.29 is 9.90 Å². The van der Waals surface area contributed by atoms with Crippen molar-refractivity contribution in [2.75, 3.05) is 19.7 Å². The van der Waals surface area contributed by atoms with E-state index in [1.54, 1.807) is 0 Å². The van der Waals surface area contributed by atoms with Crippen LogP contribution in [0.4, 0.5) is 0 Å². The van der Waals surface area contributed by atoms with Crippen molar-refractivity contribution >= 4 is 5.91 Å². The fourth-order valence-electron chi connectivity index (χ4n) is 2.23. The molecule has 0 spiro atoms. The van der Waals surface area contributed by atoms with E-state index in [0.29, 0.717) is 18.9 Å². The largest absolute Gasteiger partial charge is 0.396 e. The quantitative estimate of drug-likeness (QED) is 0.777. The first-order valence-corrected chi connectivity index (χ1v) is 6.59. The minimum Gasteiger partial charge on any atom is -0.396 e. The first-order chi connectivity index (χ1) is 7.93. The van der Waals surface area contributed by atoms with E-state index >= 15 is 0 Å². The molecule has 1 aliphatic heterocycles. The van der Waals surface area contributed by atoms with E-state index in [1.807, 2.05) is 0 Å². The molecule has 0 unspecified atom stereocenters. The van der Waals surface area contributed by atoms with Gasteiger partial charge in [-0.15, -0.1) is 0 Å². The van der Waals surface area contributed by atoms with Gasteiger partial charge in [-0.1, -0.05) is 0 Å². The molecule has 4 nitrogen and oxygen atoms in total. The molecular weight excluding hydrogens is 216 g/mol. The molecule has 0 aromatic carbocycles. The maximum Gasteiger partial charge on any atom is 0.220 e. The summed E-state index contributed by atoms with van der Waals surface area (Å²) in [6, 6.07) is 0.319. The number of nitrogens with zero attached hydrogens (tertiary/aromatic N) is 1. The lowest BCUT2D eigenvalue weighted by atomic mass is 9.98. The first kappa shape index (κ1) is 14.5. The number of piperidine rings is 1. The number of rotatable bonds is 4. The highest BCUT2D eigenvalue weighted by atomic mass is 16.3. The molecular formula is C13H26N2O2. The number of aliphatic hydroxyl groups excluding tert-OH is 1. The van der Waals surface area contributed by atoms with Crippen molar-refractivity contribution in [1.29, 1.82) is 0 Å². The second-order valence-electron chi connectivity index (χ2n) is 5.83. The van der Waals surface area contributed by atoms with Crippen LogP contribution < -0.4 is 5.32 Å². The van der Waals surface area contributed by atoms with Crippen LogP contribution in [0, 0.1) is 0 Å². The molecule has 0 atom stereocenters. The van der Waals surface area contributed by atoms with Crippen molar-refractivity contribution in [3.8, 4) is 0 Å². The topological polar surface area (TPSA) is 52.6 Å². The number of carbonyl (C=O) groups is 1. The van der Waals surface area contributed by atoms with Crippen LogP contribution in [0.1, 0.15) is 46.5 Å². The van der Waals surface area contributed by atoms with Crippen molar-refractivity contribution in [1.82, 2.24) is 10.2 Å². The molecule has 17 heavy (non-hydrogen) atoms. The number of carbonyl (C=O) groups excluding carboxylic acids is 1. The number of aliphatic hydroxyl groups is 1. The predicted octanol–water partition coefficient (Wildman–Crippen LogP) is 1.14. The Labute approximate surface area is 104 Å². The molecule has 1 rings (SSSR count). The minimum absolute atomic E-state index is 0.0771. The van der Waals surface area contributed by atoms with Crippen LogP contribution in [0.3, 0.4) is 0 Å². The second kappa shape index (κ2) is 6.36. The van der Waals surface area contributed by atoms with Gasteiger partial charge < -0.3 is 10.4 Å². The summed E-state index contributed by atoms with van der Waals surface area (Å²) in [5.41, 5.74) is 0.228. The third kappa shape index (κ3) is 5.04. The van der Waals surface area contributed by atoms with Crippen molar-refractivity contribution in [3.63, 3.8) is 0 Å². The smallest absolute Gasteiger partial charge is 0.220 e. The standard InChI is InChI=1S/C13H26N2O2/c1-13(2,3)15-8-6-11(7-9-15)14-12(17)5-4-10-16/h11,16H,4-10H2,1-3H3,(H,14,17). The number of nitrogens with one attached hydrogen (secondary N) is 1. The molecule has 1 fully saturated rings. The summed E-state index contributed by atoms with van der Waals surface area (Å²) in [4.78, 5) is 14.0. The molecule has 0 bridgehead atoms. The molecule has 1 aliphatic rings. The van der Waals surface area contributed by atoms with Gasteiger partial charge in [-0.25, -0.2) is 0 Å². The average molecular weight is 242 g/mol. The lowest BCUT2D eigenvalue weighted by Gasteiger charge is -2.41. The van der Waals surface area contributed by atoms with E-state index in [2.05, 4.69) is 31.0 Å². The zero-order chi connectivity index (χ0) is 12.9. The van der Waals surface area contributed by atoms with Gasteiger partial charge in [0.1, 0.15) is 0 Å². The highest BCUT2D eigenvalue weighted by molar-refractivity contribution is 5.76. The van der Waals surface area contributed by atoms with Crippen LogP contribution in [-0.4, -0.2) is 47.2 Å². The van der Waals surface area contributed by atoms with E-state index in [-0.39, 0.29) is 18.1 Å². The lowest BCUT2D eigenvalue weighted by Crippen LogP contribution is -2.50. The van der Waals surface area contributed by atoms with Crippen LogP contribution in [0.2, 0.25) is 0 Å². The van der Waals surface area contributed by atoms with Gasteiger partial charge in [0.05, 0.1) is 0 Å². The Morgan fingerprint density at radius 3 is 2.41 bits per heavy atom.